The van der Waals surface area contributed by atoms with E-state index < -0.39 is 0 Å². The van der Waals surface area contributed by atoms with Crippen molar-refractivity contribution >= 4 is 5.96 Å². The summed E-state index contributed by atoms with van der Waals surface area (Å²) in [5.74, 6) is 1.85. The lowest BCUT2D eigenvalue weighted by molar-refractivity contribution is 0.646. The van der Waals surface area contributed by atoms with Gasteiger partial charge in [-0.15, -0.1) is 0 Å². The lowest BCUT2D eigenvalue weighted by Gasteiger charge is -2.11. The average molecular weight is 342 g/mol. The number of unbranched alkanes of at least 4 members (excludes halogenated alkanes) is 3. The van der Waals surface area contributed by atoms with Crippen molar-refractivity contribution < 1.29 is 0 Å². The van der Waals surface area contributed by atoms with E-state index in [1.807, 2.05) is 18.5 Å². The number of guanidine groups is 1. The quantitative estimate of drug-likeness (QED) is 0.395. The minimum absolute atomic E-state index is 0.574. The smallest absolute Gasteiger partial charge is 0.191 e. The Morgan fingerprint density at radius 2 is 1.92 bits per heavy atom. The summed E-state index contributed by atoms with van der Waals surface area (Å²) in [6.45, 7) is 7.54. The van der Waals surface area contributed by atoms with Crippen molar-refractivity contribution in [3.8, 4) is 0 Å². The highest BCUT2D eigenvalue weighted by Gasteiger charge is 2.04. The maximum atomic E-state index is 4.69. The highest BCUT2D eigenvalue weighted by Crippen LogP contribution is 2.06. The van der Waals surface area contributed by atoms with Crippen LogP contribution in [0.4, 0.5) is 0 Å². The fraction of sp³-hybridized carbons (Fsp3) is 0.500. The number of aromatic nitrogens is 2. The first-order valence-electron chi connectivity index (χ1n) is 9.39. The van der Waals surface area contributed by atoms with Crippen molar-refractivity contribution in [1.29, 1.82) is 0 Å². The molecule has 1 aromatic carbocycles. The van der Waals surface area contributed by atoms with Crippen molar-refractivity contribution in [2.75, 3.05) is 13.1 Å². The zero-order chi connectivity index (χ0) is 17.7. The van der Waals surface area contributed by atoms with Crippen LogP contribution in [0, 0.1) is 0 Å². The van der Waals surface area contributed by atoms with Crippen LogP contribution < -0.4 is 10.6 Å². The van der Waals surface area contributed by atoms with Gasteiger partial charge in [0.15, 0.2) is 5.96 Å². The molecule has 136 valence electrons. The molecule has 5 nitrogen and oxygen atoms in total. The molecule has 0 saturated carbocycles. The molecule has 0 saturated heterocycles. The van der Waals surface area contributed by atoms with Crippen LogP contribution in [0.2, 0.25) is 0 Å². The molecule has 25 heavy (non-hydrogen) atoms. The second-order valence-corrected chi connectivity index (χ2v) is 6.14. The maximum absolute atomic E-state index is 4.69. The Morgan fingerprint density at radius 1 is 1.08 bits per heavy atom. The summed E-state index contributed by atoms with van der Waals surface area (Å²) in [5.41, 5.74) is 1.27. The van der Waals surface area contributed by atoms with E-state index in [9.17, 15) is 0 Å². The van der Waals surface area contributed by atoms with Crippen LogP contribution >= 0.6 is 0 Å². The number of rotatable bonds is 10. The van der Waals surface area contributed by atoms with Gasteiger partial charge in [-0.25, -0.2) is 9.98 Å². The lowest BCUT2D eigenvalue weighted by Crippen LogP contribution is -2.37. The molecule has 0 aliphatic rings. The van der Waals surface area contributed by atoms with Crippen LogP contribution in [-0.4, -0.2) is 28.6 Å². The van der Waals surface area contributed by atoms with Crippen LogP contribution in [0.5, 0.6) is 0 Å². The molecule has 0 unspecified atom stereocenters. The SMILES string of the molecule is CCCCCCNC(=NCc1nccn1Cc1ccccc1)NCC. The minimum Gasteiger partial charge on any atom is -0.357 e. The van der Waals surface area contributed by atoms with Crippen LogP contribution in [-0.2, 0) is 13.1 Å². The van der Waals surface area contributed by atoms with Gasteiger partial charge in [-0.1, -0.05) is 56.5 Å². The predicted molar refractivity (Wildman–Crippen MR) is 105 cm³/mol. The fourth-order valence-electron chi connectivity index (χ4n) is 2.67. The number of hydrogen-bond donors (Lipinski definition) is 2. The summed E-state index contributed by atoms with van der Waals surface area (Å²) in [4.78, 5) is 9.15. The Hall–Kier alpha value is -2.30. The topological polar surface area (TPSA) is 54.2 Å². The van der Waals surface area contributed by atoms with Crippen molar-refractivity contribution in [3.05, 3.63) is 54.1 Å². The summed E-state index contributed by atoms with van der Waals surface area (Å²) >= 11 is 0. The number of imidazole rings is 1. The Labute approximate surface area is 151 Å². The van der Waals surface area contributed by atoms with Gasteiger partial charge in [0.1, 0.15) is 12.4 Å². The molecule has 0 spiro atoms. The normalized spacial score (nSPS) is 11.5. The van der Waals surface area contributed by atoms with Gasteiger partial charge in [0.25, 0.3) is 0 Å². The van der Waals surface area contributed by atoms with E-state index in [1.54, 1.807) is 0 Å². The van der Waals surface area contributed by atoms with Gasteiger partial charge in [-0.3, -0.25) is 0 Å². The summed E-state index contributed by atoms with van der Waals surface area (Å²) in [5, 5.41) is 6.72. The second-order valence-electron chi connectivity index (χ2n) is 6.14. The monoisotopic (exact) mass is 341 g/mol. The van der Waals surface area contributed by atoms with Gasteiger partial charge in [0.2, 0.25) is 0 Å². The molecule has 0 atom stereocenters. The van der Waals surface area contributed by atoms with Crippen LogP contribution in [0.3, 0.4) is 0 Å². The molecule has 5 heteroatoms. The van der Waals surface area contributed by atoms with E-state index >= 15 is 0 Å². The molecule has 0 aliphatic carbocycles. The second kappa shape index (κ2) is 11.3. The highest BCUT2D eigenvalue weighted by atomic mass is 15.2. The molecule has 2 aromatic rings. The van der Waals surface area contributed by atoms with Gasteiger partial charge >= 0.3 is 0 Å². The van der Waals surface area contributed by atoms with E-state index in [0.29, 0.717) is 6.54 Å². The third kappa shape index (κ3) is 6.99. The molecule has 2 rings (SSSR count). The third-order valence-corrected chi connectivity index (χ3v) is 4.04. The number of nitrogens with zero attached hydrogens (tertiary/aromatic N) is 3. The number of nitrogens with one attached hydrogen (secondary N) is 2. The third-order valence-electron chi connectivity index (χ3n) is 4.04. The Balaban J connectivity index is 1.90. The first-order valence-corrected chi connectivity index (χ1v) is 9.39. The first kappa shape index (κ1) is 19.0. The Bertz CT molecular complexity index is 618. The average Bonchev–Trinajstić information content (AvgIpc) is 3.07. The van der Waals surface area contributed by atoms with Crippen LogP contribution in [0.15, 0.2) is 47.7 Å². The highest BCUT2D eigenvalue weighted by molar-refractivity contribution is 5.79. The van der Waals surface area contributed by atoms with E-state index in [-0.39, 0.29) is 0 Å². The zero-order valence-electron chi connectivity index (χ0n) is 15.5. The Morgan fingerprint density at radius 3 is 2.68 bits per heavy atom. The largest absolute Gasteiger partial charge is 0.357 e. The van der Waals surface area contributed by atoms with E-state index in [2.05, 4.69) is 63.3 Å². The van der Waals surface area contributed by atoms with Gasteiger partial charge in [0.05, 0.1) is 0 Å². The molecule has 0 radical (unpaired) electrons. The minimum atomic E-state index is 0.574. The maximum Gasteiger partial charge on any atom is 0.191 e. The molecule has 0 amide bonds. The van der Waals surface area contributed by atoms with E-state index in [4.69, 9.17) is 0 Å². The van der Waals surface area contributed by atoms with Crippen molar-refractivity contribution in [2.24, 2.45) is 4.99 Å². The van der Waals surface area contributed by atoms with Crippen molar-refractivity contribution in [3.63, 3.8) is 0 Å². The summed E-state index contributed by atoms with van der Waals surface area (Å²) in [7, 11) is 0. The number of aliphatic imine (C=N–C) groups is 1. The molecular formula is C20H31N5. The fourth-order valence-corrected chi connectivity index (χ4v) is 2.67. The molecule has 0 bridgehead atoms. The molecule has 0 aliphatic heterocycles. The zero-order valence-corrected chi connectivity index (χ0v) is 15.5. The van der Waals surface area contributed by atoms with Gasteiger partial charge in [0, 0.05) is 32.0 Å². The molecular weight excluding hydrogens is 310 g/mol. The van der Waals surface area contributed by atoms with E-state index in [0.717, 1.165) is 31.4 Å². The van der Waals surface area contributed by atoms with E-state index in [1.165, 1.54) is 31.2 Å². The lowest BCUT2D eigenvalue weighted by atomic mass is 10.2. The van der Waals surface area contributed by atoms with Crippen molar-refractivity contribution in [2.45, 2.75) is 52.6 Å². The predicted octanol–water partition coefficient (Wildman–Crippen LogP) is 3.57. The summed E-state index contributed by atoms with van der Waals surface area (Å²) in [6, 6.07) is 10.4. The molecule has 0 fully saturated rings. The van der Waals surface area contributed by atoms with Gasteiger partial charge in [-0.2, -0.15) is 0 Å². The Kier molecular flexibility index (Phi) is 8.59. The number of hydrogen-bond acceptors (Lipinski definition) is 2. The van der Waals surface area contributed by atoms with Crippen LogP contribution in [0.25, 0.3) is 0 Å². The van der Waals surface area contributed by atoms with Gasteiger partial charge < -0.3 is 15.2 Å². The van der Waals surface area contributed by atoms with Crippen LogP contribution in [0.1, 0.15) is 50.9 Å². The number of benzene rings is 1. The molecule has 1 aromatic heterocycles. The summed E-state index contributed by atoms with van der Waals surface area (Å²) < 4.78 is 2.16. The molecule has 1 heterocycles. The summed E-state index contributed by atoms with van der Waals surface area (Å²) in [6.07, 6.45) is 8.87. The molecule has 2 N–H and O–H groups in total. The van der Waals surface area contributed by atoms with Crippen molar-refractivity contribution in [1.82, 2.24) is 20.2 Å². The standard InChI is InChI=1S/C20H31N5/c1-3-5-6-10-13-23-20(21-4-2)24-16-19-22-14-15-25(19)17-18-11-8-7-9-12-18/h7-9,11-12,14-15H,3-6,10,13,16-17H2,1-2H3,(H2,21,23,24). The first-order chi connectivity index (χ1) is 12.3. The van der Waals surface area contributed by atoms with Gasteiger partial charge in [-0.05, 0) is 18.9 Å².